The van der Waals surface area contributed by atoms with Crippen molar-refractivity contribution >= 4 is 33.0 Å². The fourth-order valence-corrected chi connectivity index (χ4v) is 1.96. The van der Waals surface area contributed by atoms with Crippen molar-refractivity contribution < 1.29 is 13.2 Å². The number of benzene rings is 1. The van der Waals surface area contributed by atoms with Crippen LogP contribution in [0.3, 0.4) is 0 Å². The first kappa shape index (κ1) is 12.0. The van der Waals surface area contributed by atoms with Crippen LogP contribution in [-0.2, 0) is 14.6 Å². The smallest absolute Gasteiger partial charge is 0.221 e. The normalized spacial score (nSPS) is 11.1. The number of sulfone groups is 1. The van der Waals surface area contributed by atoms with Gasteiger partial charge in [0.15, 0.2) is 9.84 Å². The lowest BCUT2D eigenvalue weighted by Gasteiger charge is -2.06. The predicted octanol–water partition coefficient (Wildman–Crippen LogP) is 1.70. The molecule has 1 aromatic rings. The summed E-state index contributed by atoms with van der Waals surface area (Å²) >= 11 is 5.80. The zero-order valence-corrected chi connectivity index (χ0v) is 9.82. The van der Waals surface area contributed by atoms with E-state index in [1.807, 2.05) is 0 Å². The highest BCUT2D eigenvalue weighted by molar-refractivity contribution is 7.90. The fraction of sp³-hybridized carbons (Fsp3) is 0.222. The van der Waals surface area contributed by atoms with Gasteiger partial charge in [-0.2, -0.15) is 0 Å². The first-order valence-electron chi connectivity index (χ1n) is 4.08. The van der Waals surface area contributed by atoms with E-state index < -0.39 is 9.84 Å². The number of nitrogens with one attached hydrogen (secondary N) is 1. The standard InChI is InChI=1S/C9H10ClNO3S/c1-6(12)11-9-4-3-7(5-8(9)10)15(2,13)14/h3-5H,1-2H3,(H,11,12). The summed E-state index contributed by atoms with van der Waals surface area (Å²) in [6.45, 7) is 1.35. The van der Waals surface area contributed by atoms with E-state index in [4.69, 9.17) is 11.6 Å². The van der Waals surface area contributed by atoms with Crippen molar-refractivity contribution in [1.29, 1.82) is 0 Å². The quantitative estimate of drug-likeness (QED) is 0.865. The highest BCUT2D eigenvalue weighted by atomic mass is 35.5. The SMILES string of the molecule is CC(=O)Nc1ccc(S(C)(=O)=O)cc1Cl. The molecule has 0 radical (unpaired) electrons. The van der Waals surface area contributed by atoms with Crippen molar-refractivity contribution in [3.05, 3.63) is 23.2 Å². The molecule has 0 atom stereocenters. The average molecular weight is 248 g/mol. The Morgan fingerprint density at radius 2 is 2.00 bits per heavy atom. The van der Waals surface area contributed by atoms with Gasteiger partial charge in [0.2, 0.25) is 5.91 Å². The second-order valence-electron chi connectivity index (χ2n) is 3.10. The largest absolute Gasteiger partial charge is 0.325 e. The minimum atomic E-state index is -3.27. The number of anilines is 1. The number of carbonyl (C=O) groups is 1. The van der Waals surface area contributed by atoms with Gasteiger partial charge >= 0.3 is 0 Å². The first-order valence-corrected chi connectivity index (χ1v) is 6.35. The van der Waals surface area contributed by atoms with E-state index in [2.05, 4.69) is 5.32 Å². The summed E-state index contributed by atoms with van der Waals surface area (Å²) in [5.74, 6) is -0.260. The molecule has 0 unspecified atom stereocenters. The Labute approximate surface area is 93.2 Å². The van der Waals surface area contributed by atoms with Gasteiger partial charge in [-0.3, -0.25) is 4.79 Å². The minimum Gasteiger partial charge on any atom is -0.325 e. The molecule has 0 spiro atoms. The average Bonchev–Trinajstić information content (AvgIpc) is 2.05. The van der Waals surface area contributed by atoms with Crippen molar-refractivity contribution in [1.82, 2.24) is 0 Å². The molecule has 1 N–H and O–H groups in total. The molecule has 0 aliphatic rings. The highest BCUT2D eigenvalue weighted by Gasteiger charge is 2.10. The second kappa shape index (κ2) is 4.20. The summed E-state index contributed by atoms with van der Waals surface area (Å²) in [7, 11) is -3.27. The fourth-order valence-electron chi connectivity index (χ4n) is 1.02. The lowest BCUT2D eigenvalue weighted by Crippen LogP contribution is -2.06. The molecule has 0 aliphatic heterocycles. The van der Waals surface area contributed by atoms with Gasteiger partial charge in [-0.1, -0.05) is 11.6 Å². The van der Waals surface area contributed by atoms with Crippen molar-refractivity contribution in [2.24, 2.45) is 0 Å². The van der Waals surface area contributed by atoms with Gasteiger partial charge in [-0.15, -0.1) is 0 Å². The highest BCUT2D eigenvalue weighted by Crippen LogP contribution is 2.24. The van der Waals surface area contributed by atoms with Crippen LogP contribution in [0.15, 0.2) is 23.1 Å². The van der Waals surface area contributed by atoms with Gasteiger partial charge in [-0.25, -0.2) is 8.42 Å². The maximum absolute atomic E-state index is 11.2. The molecule has 0 aromatic heterocycles. The van der Waals surface area contributed by atoms with Crippen LogP contribution >= 0.6 is 11.6 Å². The molecule has 1 rings (SSSR count). The van der Waals surface area contributed by atoms with Gasteiger partial charge in [0.1, 0.15) is 0 Å². The van der Waals surface area contributed by atoms with E-state index in [1.165, 1.54) is 25.1 Å². The molecular formula is C9H10ClNO3S. The van der Waals surface area contributed by atoms with Crippen LogP contribution in [-0.4, -0.2) is 20.6 Å². The van der Waals surface area contributed by atoms with Crippen molar-refractivity contribution in [3.8, 4) is 0 Å². The van der Waals surface area contributed by atoms with Gasteiger partial charge in [0.25, 0.3) is 0 Å². The Bertz CT molecular complexity index is 496. The molecule has 1 amide bonds. The molecule has 82 valence electrons. The third-order valence-electron chi connectivity index (χ3n) is 1.68. The van der Waals surface area contributed by atoms with Crippen LogP contribution in [0.5, 0.6) is 0 Å². The molecule has 0 saturated carbocycles. The van der Waals surface area contributed by atoms with Crippen molar-refractivity contribution in [2.45, 2.75) is 11.8 Å². The van der Waals surface area contributed by atoms with Crippen LogP contribution in [0.4, 0.5) is 5.69 Å². The topological polar surface area (TPSA) is 63.2 Å². The summed E-state index contributed by atoms with van der Waals surface area (Å²) < 4.78 is 22.3. The second-order valence-corrected chi connectivity index (χ2v) is 5.52. The molecule has 0 aliphatic carbocycles. The number of carbonyl (C=O) groups excluding carboxylic acids is 1. The molecule has 15 heavy (non-hydrogen) atoms. The van der Waals surface area contributed by atoms with E-state index in [0.29, 0.717) is 5.69 Å². The third kappa shape index (κ3) is 3.21. The number of rotatable bonds is 2. The number of hydrogen-bond acceptors (Lipinski definition) is 3. The lowest BCUT2D eigenvalue weighted by molar-refractivity contribution is -0.114. The number of amides is 1. The molecular weight excluding hydrogens is 238 g/mol. The summed E-state index contributed by atoms with van der Waals surface area (Å²) in [4.78, 5) is 10.9. The van der Waals surface area contributed by atoms with Gasteiger partial charge < -0.3 is 5.32 Å². The molecule has 4 nitrogen and oxygen atoms in total. The minimum absolute atomic E-state index is 0.126. The zero-order valence-electron chi connectivity index (χ0n) is 8.24. The van der Waals surface area contributed by atoms with Crippen LogP contribution in [0.2, 0.25) is 5.02 Å². The Morgan fingerprint density at radius 3 is 2.40 bits per heavy atom. The Kier molecular flexibility index (Phi) is 3.36. The van der Waals surface area contributed by atoms with Crippen LogP contribution in [0.1, 0.15) is 6.92 Å². The Hall–Kier alpha value is -1.07. The van der Waals surface area contributed by atoms with Crippen LogP contribution in [0.25, 0.3) is 0 Å². The lowest BCUT2D eigenvalue weighted by atomic mass is 10.3. The molecule has 0 saturated heterocycles. The summed E-state index contributed by atoms with van der Waals surface area (Å²) in [6, 6.07) is 4.16. The monoisotopic (exact) mass is 247 g/mol. The van der Waals surface area contributed by atoms with E-state index in [1.54, 1.807) is 0 Å². The maximum Gasteiger partial charge on any atom is 0.221 e. The Morgan fingerprint density at radius 1 is 1.40 bits per heavy atom. The van der Waals surface area contributed by atoms with Crippen LogP contribution in [0, 0.1) is 0 Å². The molecule has 6 heteroatoms. The van der Waals surface area contributed by atoms with Crippen molar-refractivity contribution in [2.75, 3.05) is 11.6 Å². The molecule has 0 fully saturated rings. The number of hydrogen-bond donors (Lipinski definition) is 1. The number of halogens is 1. The van der Waals surface area contributed by atoms with Crippen molar-refractivity contribution in [3.63, 3.8) is 0 Å². The molecule has 0 heterocycles. The van der Waals surface area contributed by atoms with E-state index in [9.17, 15) is 13.2 Å². The third-order valence-corrected chi connectivity index (χ3v) is 3.10. The van der Waals surface area contributed by atoms with E-state index in [-0.39, 0.29) is 15.8 Å². The van der Waals surface area contributed by atoms with Gasteiger partial charge in [0, 0.05) is 13.2 Å². The zero-order chi connectivity index (χ0) is 11.6. The summed E-state index contributed by atoms with van der Waals surface area (Å²) in [6.07, 6.45) is 1.09. The Balaban J connectivity index is 3.15. The van der Waals surface area contributed by atoms with E-state index >= 15 is 0 Å². The van der Waals surface area contributed by atoms with Gasteiger partial charge in [-0.05, 0) is 18.2 Å². The summed E-state index contributed by atoms with van der Waals surface area (Å²) in [5.41, 5.74) is 0.400. The van der Waals surface area contributed by atoms with Gasteiger partial charge in [0.05, 0.1) is 15.6 Å². The predicted molar refractivity (Wildman–Crippen MR) is 58.9 cm³/mol. The summed E-state index contributed by atoms with van der Waals surface area (Å²) in [5, 5.41) is 2.69. The first-order chi connectivity index (χ1) is 6.80. The maximum atomic E-state index is 11.2. The van der Waals surface area contributed by atoms with E-state index in [0.717, 1.165) is 6.26 Å². The van der Waals surface area contributed by atoms with Crippen LogP contribution < -0.4 is 5.32 Å². The molecule has 0 bridgehead atoms. The molecule has 1 aromatic carbocycles.